The Balaban J connectivity index is 2.18. The van der Waals surface area contributed by atoms with Crippen LogP contribution < -0.4 is 5.32 Å². The molecular formula is C13H14BrFN2O4. The highest BCUT2D eigenvalue weighted by atomic mass is 79.9. The third-order valence-corrected chi connectivity index (χ3v) is 3.94. The number of β-amino-alcohol motifs (C(OH)–C–C–N with tert-alkyl or cyclic N) is 1. The van der Waals surface area contributed by atoms with E-state index in [2.05, 4.69) is 21.2 Å². The molecule has 1 saturated heterocycles. The second kappa shape index (κ2) is 5.98. The maximum Gasteiger partial charge on any atom is 0.326 e. The first-order chi connectivity index (χ1) is 9.79. The van der Waals surface area contributed by atoms with E-state index in [0.717, 1.165) is 4.90 Å². The van der Waals surface area contributed by atoms with E-state index >= 15 is 0 Å². The number of aryl methyl sites for hydroxylation is 1. The van der Waals surface area contributed by atoms with Gasteiger partial charge in [0.05, 0.1) is 10.6 Å². The van der Waals surface area contributed by atoms with Crippen LogP contribution in [0.2, 0.25) is 0 Å². The summed E-state index contributed by atoms with van der Waals surface area (Å²) in [5.74, 6) is -1.62. The third kappa shape index (κ3) is 3.33. The number of carbonyl (C=O) groups is 2. The van der Waals surface area contributed by atoms with Crippen LogP contribution in [0.15, 0.2) is 16.6 Å². The molecule has 2 rings (SSSR count). The molecule has 1 aromatic rings. The Bertz CT molecular complexity index is 596. The lowest BCUT2D eigenvalue weighted by Crippen LogP contribution is -2.43. The van der Waals surface area contributed by atoms with Crippen LogP contribution in [0, 0.1) is 12.7 Å². The standard InChI is InChI=1S/C13H14BrFN2O4/c1-6-2-9(15)8(14)4-10(6)16-13(21)17-5-7(18)3-11(17)12(19)20/h2,4,7,11,18H,3,5H2,1H3,(H,16,21)(H,19,20)/t7-,11+/m1/s1. The minimum absolute atomic E-state index is 0.00511. The molecule has 1 aliphatic heterocycles. The molecule has 8 heteroatoms. The average Bonchev–Trinajstić information content (AvgIpc) is 2.78. The molecule has 0 saturated carbocycles. The van der Waals surface area contributed by atoms with Crippen molar-refractivity contribution < 1.29 is 24.2 Å². The molecule has 0 spiro atoms. The molecule has 0 bridgehead atoms. The summed E-state index contributed by atoms with van der Waals surface area (Å²) in [6.07, 6.45) is -0.868. The Labute approximate surface area is 128 Å². The van der Waals surface area contributed by atoms with Gasteiger partial charge in [-0.2, -0.15) is 0 Å². The fourth-order valence-corrected chi connectivity index (χ4v) is 2.58. The zero-order valence-electron chi connectivity index (χ0n) is 11.1. The van der Waals surface area contributed by atoms with Crippen molar-refractivity contribution in [3.8, 4) is 0 Å². The lowest BCUT2D eigenvalue weighted by atomic mass is 10.2. The second-order valence-corrected chi connectivity index (χ2v) is 5.76. The molecule has 1 fully saturated rings. The van der Waals surface area contributed by atoms with Gasteiger partial charge in [0, 0.05) is 18.7 Å². The number of amides is 2. The first-order valence-corrected chi connectivity index (χ1v) is 7.03. The Morgan fingerprint density at radius 1 is 1.48 bits per heavy atom. The van der Waals surface area contributed by atoms with Crippen molar-refractivity contribution in [3.05, 3.63) is 28.0 Å². The SMILES string of the molecule is Cc1cc(F)c(Br)cc1NC(=O)N1C[C@H](O)C[C@H]1C(=O)O. The molecule has 1 heterocycles. The number of aliphatic hydroxyl groups is 1. The summed E-state index contributed by atoms with van der Waals surface area (Å²) in [5, 5.41) is 21.1. The van der Waals surface area contributed by atoms with Gasteiger partial charge in [-0.1, -0.05) is 0 Å². The van der Waals surface area contributed by atoms with Gasteiger partial charge in [0.25, 0.3) is 0 Å². The molecule has 1 aliphatic rings. The van der Waals surface area contributed by atoms with E-state index in [9.17, 15) is 19.1 Å². The molecule has 21 heavy (non-hydrogen) atoms. The van der Waals surface area contributed by atoms with E-state index in [1.54, 1.807) is 6.92 Å². The van der Waals surface area contributed by atoms with E-state index in [1.807, 2.05) is 0 Å². The number of likely N-dealkylation sites (tertiary alicyclic amines) is 1. The summed E-state index contributed by atoms with van der Waals surface area (Å²) in [4.78, 5) is 24.3. The molecule has 3 N–H and O–H groups in total. The van der Waals surface area contributed by atoms with Crippen molar-refractivity contribution in [2.45, 2.75) is 25.5 Å². The van der Waals surface area contributed by atoms with Crippen LogP contribution in [-0.2, 0) is 4.79 Å². The number of urea groups is 1. The van der Waals surface area contributed by atoms with Crippen molar-refractivity contribution in [2.75, 3.05) is 11.9 Å². The van der Waals surface area contributed by atoms with Crippen molar-refractivity contribution in [3.63, 3.8) is 0 Å². The van der Waals surface area contributed by atoms with Crippen LogP contribution >= 0.6 is 15.9 Å². The van der Waals surface area contributed by atoms with Gasteiger partial charge in [0.15, 0.2) is 0 Å². The fourth-order valence-electron chi connectivity index (χ4n) is 2.24. The molecule has 0 aliphatic carbocycles. The highest BCUT2D eigenvalue weighted by Gasteiger charge is 2.39. The number of rotatable bonds is 2. The molecule has 2 amide bonds. The predicted molar refractivity (Wildman–Crippen MR) is 76.6 cm³/mol. The number of aliphatic carboxylic acids is 1. The number of carboxylic acid groups (broad SMARTS) is 1. The number of nitrogens with one attached hydrogen (secondary N) is 1. The largest absolute Gasteiger partial charge is 0.480 e. The van der Waals surface area contributed by atoms with Crippen molar-refractivity contribution in [1.29, 1.82) is 0 Å². The molecule has 0 radical (unpaired) electrons. The van der Waals surface area contributed by atoms with E-state index in [0.29, 0.717) is 11.3 Å². The van der Waals surface area contributed by atoms with Crippen LogP contribution in [0.25, 0.3) is 0 Å². The Morgan fingerprint density at radius 3 is 2.76 bits per heavy atom. The maximum atomic E-state index is 13.3. The van der Waals surface area contributed by atoms with Crippen LogP contribution in [-0.4, -0.2) is 45.8 Å². The summed E-state index contributed by atoms with van der Waals surface area (Å²) < 4.78 is 13.5. The molecular weight excluding hydrogens is 347 g/mol. The Kier molecular flexibility index (Phi) is 4.48. The first kappa shape index (κ1) is 15.7. The first-order valence-electron chi connectivity index (χ1n) is 6.23. The molecule has 114 valence electrons. The van der Waals surface area contributed by atoms with Crippen LogP contribution in [0.1, 0.15) is 12.0 Å². The smallest absolute Gasteiger partial charge is 0.326 e. The van der Waals surface area contributed by atoms with E-state index in [4.69, 9.17) is 5.11 Å². The van der Waals surface area contributed by atoms with Gasteiger partial charge in [-0.05, 0) is 40.5 Å². The van der Waals surface area contributed by atoms with Gasteiger partial charge in [0.2, 0.25) is 0 Å². The average molecular weight is 361 g/mol. The maximum absolute atomic E-state index is 13.3. The number of anilines is 1. The topological polar surface area (TPSA) is 89.9 Å². The number of carbonyl (C=O) groups excluding carboxylic acids is 1. The minimum atomic E-state index is -1.17. The third-order valence-electron chi connectivity index (χ3n) is 3.33. The summed E-state index contributed by atoms with van der Waals surface area (Å²) in [7, 11) is 0. The van der Waals surface area contributed by atoms with Crippen LogP contribution in [0.3, 0.4) is 0 Å². The Morgan fingerprint density at radius 2 is 2.14 bits per heavy atom. The normalized spacial score (nSPS) is 21.4. The summed E-state index contributed by atoms with van der Waals surface area (Å²) in [6.45, 7) is 1.57. The van der Waals surface area contributed by atoms with Crippen molar-refractivity contribution >= 4 is 33.6 Å². The summed E-state index contributed by atoms with van der Waals surface area (Å²) >= 11 is 3.02. The lowest BCUT2D eigenvalue weighted by molar-refractivity contribution is -0.141. The highest BCUT2D eigenvalue weighted by Crippen LogP contribution is 2.26. The van der Waals surface area contributed by atoms with Crippen molar-refractivity contribution in [2.24, 2.45) is 0 Å². The quantitative estimate of drug-likeness (QED) is 0.751. The minimum Gasteiger partial charge on any atom is -0.480 e. The molecule has 1 aromatic carbocycles. The summed E-state index contributed by atoms with van der Waals surface area (Å²) in [5.41, 5.74) is 0.884. The number of hydrogen-bond donors (Lipinski definition) is 3. The van der Waals surface area contributed by atoms with Crippen molar-refractivity contribution in [1.82, 2.24) is 4.90 Å². The van der Waals surface area contributed by atoms with Gasteiger partial charge in [-0.25, -0.2) is 14.0 Å². The van der Waals surface area contributed by atoms with E-state index in [-0.39, 0.29) is 17.4 Å². The predicted octanol–water partition coefficient (Wildman–Crippen LogP) is 1.95. The monoisotopic (exact) mass is 360 g/mol. The zero-order valence-corrected chi connectivity index (χ0v) is 12.7. The van der Waals surface area contributed by atoms with Gasteiger partial charge < -0.3 is 20.4 Å². The number of nitrogens with zero attached hydrogens (tertiary/aromatic N) is 1. The number of aliphatic hydroxyl groups excluding tert-OH is 1. The van der Waals surface area contributed by atoms with Crippen LogP contribution in [0.4, 0.5) is 14.9 Å². The van der Waals surface area contributed by atoms with Gasteiger partial charge >= 0.3 is 12.0 Å². The second-order valence-electron chi connectivity index (χ2n) is 4.91. The number of halogens is 2. The molecule has 2 atom stereocenters. The molecule has 0 unspecified atom stereocenters. The van der Waals surface area contributed by atoms with Gasteiger partial charge in [0.1, 0.15) is 11.9 Å². The Hall–Kier alpha value is -1.67. The van der Waals surface area contributed by atoms with Crippen LogP contribution in [0.5, 0.6) is 0 Å². The van der Waals surface area contributed by atoms with E-state index in [1.165, 1.54) is 12.1 Å². The highest BCUT2D eigenvalue weighted by molar-refractivity contribution is 9.10. The van der Waals surface area contributed by atoms with Gasteiger partial charge in [-0.3, -0.25) is 0 Å². The fraction of sp³-hybridized carbons (Fsp3) is 0.385. The van der Waals surface area contributed by atoms with E-state index < -0.39 is 30.0 Å². The number of benzene rings is 1. The number of carboxylic acids is 1. The molecule has 0 aromatic heterocycles. The number of hydrogen-bond acceptors (Lipinski definition) is 3. The lowest BCUT2D eigenvalue weighted by Gasteiger charge is -2.22. The summed E-state index contributed by atoms with van der Waals surface area (Å²) in [6, 6.07) is 0.961. The zero-order chi connectivity index (χ0) is 15.7. The molecule has 6 nitrogen and oxygen atoms in total. The van der Waals surface area contributed by atoms with Gasteiger partial charge in [-0.15, -0.1) is 0 Å².